The van der Waals surface area contributed by atoms with Crippen molar-refractivity contribution in [1.82, 2.24) is 4.90 Å². The number of hydrogen-bond donors (Lipinski definition) is 0. The second-order valence-electron chi connectivity index (χ2n) is 7.23. The Morgan fingerprint density at radius 1 is 1.46 bits per heavy atom. The molecule has 1 aliphatic rings. The molecule has 1 atom stereocenters. The summed E-state index contributed by atoms with van der Waals surface area (Å²) in [6, 6.07) is 4.20. The number of ether oxygens (including phenoxy) is 1. The fraction of sp³-hybridized carbons (Fsp3) is 0.611. The van der Waals surface area contributed by atoms with Crippen LogP contribution in [0.1, 0.15) is 39.7 Å². The number of likely N-dealkylation sites (tertiary alicyclic amines) is 1. The normalized spacial score (nSPS) is 18.0. The van der Waals surface area contributed by atoms with E-state index < -0.39 is 5.60 Å². The highest BCUT2D eigenvalue weighted by Gasteiger charge is 2.32. The van der Waals surface area contributed by atoms with Crippen LogP contribution in [0.3, 0.4) is 0 Å². The van der Waals surface area contributed by atoms with Crippen molar-refractivity contribution in [3.63, 3.8) is 0 Å². The average molecular weight is 418 g/mol. The summed E-state index contributed by atoms with van der Waals surface area (Å²) in [6.07, 6.45) is 1.60. The van der Waals surface area contributed by atoms with Crippen LogP contribution in [0.4, 0.5) is 10.5 Å². The van der Waals surface area contributed by atoms with Gasteiger partial charge in [-0.15, -0.1) is 0 Å². The van der Waals surface area contributed by atoms with Gasteiger partial charge in [-0.05, 0) is 67.2 Å². The van der Waals surface area contributed by atoms with E-state index in [2.05, 4.69) is 34.8 Å². The average Bonchev–Trinajstić information content (AvgIpc) is 2.93. The predicted octanol–water partition coefficient (Wildman–Crippen LogP) is 5.11. The quantitative estimate of drug-likeness (QED) is 0.685. The number of hydrogen-bond acceptors (Lipinski definition) is 3. The first kappa shape index (κ1) is 19.4. The first-order valence-corrected chi connectivity index (χ1v) is 9.48. The van der Waals surface area contributed by atoms with E-state index >= 15 is 0 Å². The topological polar surface area (TPSA) is 32.8 Å². The molecule has 0 radical (unpaired) electrons. The van der Waals surface area contributed by atoms with Gasteiger partial charge in [0.1, 0.15) is 5.60 Å². The predicted molar refractivity (Wildman–Crippen MR) is 103 cm³/mol. The smallest absolute Gasteiger partial charge is 0.410 e. The summed E-state index contributed by atoms with van der Waals surface area (Å²) in [5, 5.41) is 0.734. The van der Waals surface area contributed by atoms with Crippen molar-refractivity contribution in [3.05, 3.63) is 27.2 Å². The van der Waals surface area contributed by atoms with Gasteiger partial charge in [-0.3, -0.25) is 0 Å². The minimum absolute atomic E-state index is 0.232. The molecule has 1 saturated heterocycles. The van der Waals surface area contributed by atoms with E-state index in [4.69, 9.17) is 16.3 Å². The molecular weight excluding hydrogens is 392 g/mol. The number of aryl methyl sites for hydroxylation is 1. The van der Waals surface area contributed by atoms with Crippen LogP contribution in [0.2, 0.25) is 5.02 Å². The Bertz CT molecular complexity index is 616. The van der Waals surface area contributed by atoms with Gasteiger partial charge < -0.3 is 14.5 Å². The Morgan fingerprint density at radius 2 is 2.12 bits per heavy atom. The third kappa shape index (κ3) is 4.57. The third-order valence-corrected chi connectivity index (χ3v) is 5.03. The zero-order valence-corrected chi connectivity index (χ0v) is 17.4. The second kappa shape index (κ2) is 7.52. The van der Waals surface area contributed by atoms with Crippen LogP contribution >= 0.6 is 27.5 Å². The molecule has 1 aromatic carbocycles. The van der Waals surface area contributed by atoms with Crippen molar-refractivity contribution in [2.75, 3.05) is 25.0 Å². The summed E-state index contributed by atoms with van der Waals surface area (Å²) in [5.74, 6) is 0. The van der Waals surface area contributed by atoms with Crippen LogP contribution in [-0.2, 0) is 11.2 Å². The molecule has 1 heterocycles. The summed E-state index contributed by atoms with van der Waals surface area (Å²) in [7, 11) is 2.08. The summed E-state index contributed by atoms with van der Waals surface area (Å²) in [4.78, 5) is 16.3. The van der Waals surface area contributed by atoms with Crippen molar-refractivity contribution in [3.8, 4) is 0 Å². The maximum absolute atomic E-state index is 12.3. The largest absolute Gasteiger partial charge is 0.444 e. The van der Waals surface area contributed by atoms with Gasteiger partial charge in [-0.2, -0.15) is 0 Å². The summed E-state index contributed by atoms with van der Waals surface area (Å²) >= 11 is 9.81. The van der Waals surface area contributed by atoms with E-state index in [-0.39, 0.29) is 12.1 Å². The molecule has 0 N–H and O–H groups in total. The number of amides is 1. The highest BCUT2D eigenvalue weighted by atomic mass is 79.9. The maximum atomic E-state index is 12.3. The molecule has 4 nitrogen and oxygen atoms in total. The number of likely N-dealkylation sites (N-methyl/N-ethyl adjacent to an activating group) is 1. The highest BCUT2D eigenvalue weighted by molar-refractivity contribution is 9.10. The van der Waals surface area contributed by atoms with Gasteiger partial charge in [0.25, 0.3) is 0 Å². The Morgan fingerprint density at radius 3 is 2.71 bits per heavy atom. The lowest BCUT2D eigenvalue weighted by Gasteiger charge is -2.30. The Kier molecular flexibility index (Phi) is 6.08. The van der Waals surface area contributed by atoms with Gasteiger partial charge >= 0.3 is 6.09 Å². The fourth-order valence-electron chi connectivity index (χ4n) is 3.02. The molecule has 2 rings (SSSR count). The SMILES string of the molecule is CCc1cc(Cl)cc(Br)c1N(C)C1CCN(C(=O)OC(C)(C)C)C1. The van der Waals surface area contributed by atoms with Crippen molar-refractivity contribution in [2.45, 2.75) is 52.2 Å². The molecule has 1 unspecified atom stereocenters. The van der Waals surface area contributed by atoms with E-state index in [0.29, 0.717) is 6.54 Å². The first-order chi connectivity index (χ1) is 11.1. The Labute approximate surface area is 158 Å². The maximum Gasteiger partial charge on any atom is 0.410 e. The summed E-state index contributed by atoms with van der Waals surface area (Å²) < 4.78 is 6.47. The lowest BCUT2D eigenvalue weighted by Crippen LogP contribution is -2.39. The van der Waals surface area contributed by atoms with E-state index in [9.17, 15) is 4.79 Å². The van der Waals surface area contributed by atoms with Crippen LogP contribution in [0, 0.1) is 0 Å². The number of benzene rings is 1. The number of halogens is 2. The number of nitrogens with zero attached hydrogens (tertiary/aromatic N) is 2. The van der Waals surface area contributed by atoms with Crippen LogP contribution in [-0.4, -0.2) is 42.8 Å². The monoisotopic (exact) mass is 416 g/mol. The molecular formula is C18H26BrClN2O2. The molecule has 0 bridgehead atoms. The van der Waals surface area contributed by atoms with E-state index in [1.807, 2.05) is 32.9 Å². The van der Waals surface area contributed by atoms with E-state index in [0.717, 1.165) is 34.6 Å². The molecule has 0 saturated carbocycles. The first-order valence-electron chi connectivity index (χ1n) is 8.31. The van der Waals surface area contributed by atoms with Crippen molar-refractivity contribution in [1.29, 1.82) is 0 Å². The van der Waals surface area contributed by atoms with Crippen LogP contribution in [0.25, 0.3) is 0 Å². The van der Waals surface area contributed by atoms with Gasteiger partial charge in [0.2, 0.25) is 0 Å². The zero-order valence-electron chi connectivity index (χ0n) is 15.0. The van der Waals surface area contributed by atoms with Crippen LogP contribution in [0.5, 0.6) is 0 Å². The lowest BCUT2D eigenvalue weighted by molar-refractivity contribution is 0.0292. The summed E-state index contributed by atoms with van der Waals surface area (Å²) in [6.45, 7) is 9.19. The second-order valence-corrected chi connectivity index (χ2v) is 8.52. The Hall–Kier alpha value is -0.940. The fourth-order valence-corrected chi connectivity index (χ4v) is 4.17. The number of carbonyl (C=O) groups is 1. The Balaban J connectivity index is 2.13. The number of anilines is 1. The number of rotatable bonds is 3. The van der Waals surface area contributed by atoms with Gasteiger partial charge in [-0.25, -0.2) is 4.79 Å². The molecule has 1 fully saturated rings. The molecule has 0 spiro atoms. The van der Waals surface area contributed by atoms with Crippen molar-refractivity contribution < 1.29 is 9.53 Å². The molecule has 1 aliphatic heterocycles. The minimum Gasteiger partial charge on any atom is -0.444 e. The zero-order chi connectivity index (χ0) is 18.1. The third-order valence-electron chi connectivity index (χ3n) is 4.20. The molecule has 134 valence electrons. The van der Waals surface area contributed by atoms with E-state index in [1.165, 1.54) is 5.56 Å². The molecule has 0 aliphatic carbocycles. The lowest BCUT2D eigenvalue weighted by atomic mass is 10.1. The van der Waals surface area contributed by atoms with Gasteiger partial charge in [0, 0.05) is 35.7 Å². The molecule has 1 amide bonds. The minimum atomic E-state index is -0.463. The van der Waals surface area contributed by atoms with Crippen molar-refractivity contribution >= 4 is 39.3 Å². The van der Waals surface area contributed by atoms with E-state index in [1.54, 1.807) is 4.90 Å². The van der Waals surface area contributed by atoms with Gasteiger partial charge in [-0.1, -0.05) is 18.5 Å². The molecule has 24 heavy (non-hydrogen) atoms. The van der Waals surface area contributed by atoms with Crippen molar-refractivity contribution in [2.24, 2.45) is 0 Å². The molecule has 6 heteroatoms. The standard InChI is InChI=1S/C18H26BrClN2O2/c1-6-12-9-13(20)10-15(19)16(12)21(5)14-7-8-22(11-14)17(23)24-18(2,3)4/h9-10,14H,6-8,11H2,1-5H3. The highest BCUT2D eigenvalue weighted by Crippen LogP contribution is 2.35. The molecule has 1 aromatic rings. The van der Waals surface area contributed by atoms with Gasteiger partial charge in [0.15, 0.2) is 0 Å². The number of carbonyl (C=O) groups excluding carboxylic acids is 1. The molecule has 0 aromatic heterocycles. The summed E-state index contributed by atoms with van der Waals surface area (Å²) in [5.41, 5.74) is 1.89. The van der Waals surface area contributed by atoms with Crippen LogP contribution in [0.15, 0.2) is 16.6 Å². The van der Waals surface area contributed by atoms with Crippen LogP contribution < -0.4 is 4.90 Å². The van der Waals surface area contributed by atoms with Gasteiger partial charge in [0.05, 0.1) is 5.69 Å².